The zero-order chi connectivity index (χ0) is 14.5. The Morgan fingerprint density at radius 2 is 2.05 bits per heavy atom. The fourth-order valence-electron chi connectivity index (χ4n) is 1.77. The van der Waals surface area contributed by atoms with Crippen LogP contribution in [0.15, 0.2) is 24.3 Å². The van der Waals surface area contributed by atoms with Crippen LogP contribution in [0.3, 0.4) is 0 Å². The number of aromatic nitrogens is 2. The van der Waals surface area contributed by atoms with Gasteiger partial charge in [-0.1, -0.05) is 18.5 Å². The molecule has 0 atom stereocenters. The highest BCUT2D eigenvalue weighted by Gasteiger charge is 2.06. The second kappa shape index (κ2) is 6.43. The average Bonchev–Trinajstić information content (AvgIpc) is 2.40. The lowest BCUT2D eigenvalue weighted by atomic mass is 10.1. The van der Waals surface area contributed by atoms with Crippen molar-refractivity contribution < 1.29 is 4.74 Å². The molecular weight excluding hydrogens is 276 g/mol. The zero-order valence-electron chi connectivity index (χ0n) is 11.5. The summed E-state index contributed by atoms with van der Waals surface area (Å²) in [6.45, 7) is 4.76. The van der Waals surface area contributed by atoms with E-state index in [4.69, 9.17) is 22.1 Å². The molecule has 5 nitrogen and oxygen atoms in total. The highest BCUT2D eigenvalue weighted by molar-refractivity contribution is 6.31. The molecule has 1 aromatic carbocycles. The number of ether oxygens (including phenoxy) is 1. The Hall–Kier alpha value is -2.01. The van der Waals surface area contributed by atoms with Gasteiger partial charge in [-0.15, -0.1) is 0 Å². The van der Waals surface area contributed by atoms with Crippen LogP contribution in [0.1, 0.15) is 19.4 Å². The lowest BCUT2D eigenvalue weighted by molar-refractivity contribution is 0.462. The second-order valence-corrected chi connectivity index (χ2v) is 4.60. The van der Waals surface area contributed by atoms with Crippen molar-refractivity contribution in [3.8, 4) is 11.6 Å². The summed E-state index contributed by atoms with van der Waals surface area (Å²) < 4.78 is 5.71. The van der Waals surface area contributed by atoms with E-state index in [0.29, 0.717) is 17.4 Å². The molecule has 1 heterocycles. The van der Waals surface area contributed by atoms with Gasteiger partial charge >= 0.3 is 0 Å². The van der Waals surface area contributed by atoms with Crippen LogP contribution >= 0.6 is 11.6 Å². The first-order valence-electron chi connectivity index (χ1n) is 6.47. The Labute approximate surface area is 123 Å². The minimum absolute atomic E-state index is 0.170. The highest BCUT2D eigenvalue weighted by Crippen LogP contribution is 2.27. The normalized spacial score (nSPS) is 10.3. The smallest absolute Gasteiger partial charge is 0.226 e. The number of nitrogen functional groups attached to an aromatic ring is 1. The number of rotatable bonds is 5. The summed E-state index contributed by atoms with van der Waals surface area (Å²) in [4.78, 5) is 8.13. The molecule has 0 unspecified atom stereocenters. The molecule has 0 spiro atoms. The van der Waals surface area contributed by atoms with Gasteiger partial charge in [-0.05, 0) is 37.1 Å². The number of nitrogens with zero attached hydrogens (tertiary/aromatic N) is 2. The topological polar surface area (TPSA) is 73.1 Å². The van der Waals surface area contributed by atoms with Gasteiger partial charge in [0.1, 0.15) is 11.6 Å². The van der Waals surface area contributed by atoms with E-state index >= 15 is 0 Å². The standard InChI is InChI=1S/C14H17ClN4O/c1-3-9-7-10(5-6-11(9)15)20-13-8-12(17-4-2)18-14(16)19-13/h5-8H,3-4H2,1-2H3,(H3,16,17,18,19). The largest absolute Gasteiger partial charge is 0.439 e. The summed E-state index contributed by atoms with van der Waals surface area (Å²) in [5.74, 6) is 1.88. The van der Waals surface area contributed by atoms with Crippen LogP contribution in [-0.2, 0) is 6.42 Å². The van der Waals surface area contributed by atoms with Gasteiger partial charge in [0.15, 0.2) is 0 Å². The highest BCUT2D eigenvalue weighted by atomic mass is 35.5. The molecule has 0 bridgehead atoms. The van der Waals surface area contributed by atoms with Gasteiger partial charge < -0.3 is 15.8 Å². The van der Waals surface area contributed by atoms with Crippen LogP contribution in [0.4, 0.5) is 11.8 Å². The molecule has 0 aliphatic heterocycles. The van der Waals surface area contributed by atoms with E-state index in [2.05, 4.69) is 15.3 Å². The molecule has 1 aromatic heterocycles. The fourth-order valence-corrected chi connectivity index (χ4v) is 2.02. The molecule has 0 aliphatic rings. The van der Waals surface area contributed by atoms with Crippen molar-refractivity contribution >= 4 is 23.4 Å². The third-order valence-electron chi connectivity index (χ3n) is 2.70. The number of halogens is 1. The molecule has 0 saturated carbocycles. The van der Waals surface area contributed by atoms with Gasteiger partial charge in [0.25, 0.3) is 0 Å². The number of hydrogen-bond donors (Lipinski definition) is 2. The van der Waals surface area contributed by atoms with E-state index < -0.39 is 0 Å². The number of nitrogens with two attached hydrogens (primary N) is 1. The van der Waals surface area contributed by atoms with Crippen LogP contribution in [0, 0.1) is 0 Å². The molecule has 3 N–H and O–H groups in total. The maximum atomic E-state index is 6.08. The number of hydrogen-bond acceptors (Lipinski definition) is 5. The lowest BCUT2D eigenvalue weighted by Gasteiger charge is -2.09. The van der Waals surface area contributed by atoms with Crippen LogP contribution < -0.4 is 15.8 Å². The third-order valence-corrected chi connectivity index (χ3v) is 3.07. The minimum atomic E-state index is 0.170. The number of benzene rings is 1. The molecule has 0 fully saturated rings. The van der Waals surface area contributed by atoms with E-state index in [1.54, 1.807) is 12.1 Å². The molecule has 0 aliphatic carbocycles. The number of anilines is 2. The summed E-state index contributed by atoms with van der Waals surface area (Å²) in [6, 6.07) is 7.21. The Morgan fingerprint density at radius 1 is 1.25 bits per heavy atom. The van der Waals surface area contributed by atoms with Crippen molar-refractivity contribution in [2.24, 2.45) is 0 Å². The van der Waals surface area contributed by atoms with Crippen molar-refractivity contribution in [2.45, 2.75) is 20.3 Å². The molecule has 2 aromatic rings. The summed E-state index contributed by atoms with van der Waals surface area (Å²) in [6.07, 6.45) is 0.838. The zero-order valence-corrected chi connectivity index (χ0v) is 12.2. The molecule has 2 rings (SSSR count). The van der Waals surface area contributed by atoms with Crippen LogP contribution in [0.5, 0.6) is 11.6 Å². The van der Waals surface area contributed by atoms with Crippen LogP contribution in [0.2, 0.25) is 5.02 Å². The second-order valence-electron chi connectivity index (χ2n) is 4.19. The maximum absolute atomic E-state index is 6.08. The predicted molar refractivity (Wildman–Crippen MR) is 81.5 cm³/mol. The monoisotopic (exact) mass is 292 g/mol. The Morgan fingerprint density at radius 3 is 2.75 bits per heavy atom. The number of aryl methyl sites for hydroxylation is 1. The van der Waals surface area contributed by atoms with E-state index in [9.17, 15) is 0 Å². The molecule has 106 valence electrons. The molecule has 0 amide bonds. The van der Waals surface area contributed by atoms with Crippen molar-refractivity contribution in [1.29, 1.82) is 0 Å². The molecule has 6 heteroatoms. The van der Waals surface area contributed by atoms with Gasteiger partial charge in [-0.3, -0.25) is 0 Å². The minimum Gasteiger partial charge on any atom is -0.439 e. The fraction of sp³-hybridized carbons (Fsp3) is 0.286. The van der Waals surface area contributed by atoms with Gasteiger partial charge in [-0.25, -0.2) is 0 Å². The van der Waals surface area contributed by atoms with Crippen molar-refractivity contribution in [1.82, 2.24) is 9.97 Å². The Kier molecular flexibility index (Phi) is 4.63. The van der Waals surface area contributed by atoms with Crippen LogP contribution in [0.25, 0.3) is 0 Å². The first-order chi connectivity index (χ1) is 9.62. The van der Waals surface area contributed by atoms with E-state index in [1.807, 2.05) is 26.0 Å². The summed E-state index contributed by atoms with van der Waals surface area (Å²) >= 11 is 6.08. The summed E-state index contributed by atoms with van der Waals surface area (Å²) in [5, 5.41) is 3.81. The van der Waals surface area contributed by atoms with Crippen molar-refractivity contribution in [3.05, 3.63) is 34.9 Å². The Bertz CT molecular complexity index is 604. The maximum Gasteiger partial charge on any atom is 0.226 e. The van der Waals surface area contributed by atoms with Crippen LogP contribution in [-0.4, -0.2) is 16.5 Å². The van der Waals surface area contributed by atoms with E-state index in [0.717, 1.165) is 23.6 Å². The van der Waals surface area contributed by atoms with Crippen molar-refractivity contribution in [3.63, 3.8) is 0 Å². The summed E-state index contributed by atoms with van der Waals surface area (Å²) in [5.41, 5.74) is 6.69. The third kappa shape index (κ3) is 3.51. The first kappa shape index (κ1) is 14.4. The van der Waals surface area contributed by atoms with Gasteiger partial charge in [-0.2, -0.15) is 9.97 Å². The van der Waals surface area contributed by atoms with Crippen molar-refractivity contribution in [2.75, 3.05) is 17.6 Å². The van der Waals surface area contributed by atoms with E-state index in [-0.39, 0.29) is 5.95 Å². The lowest BCUT2D eigenvalue weighted by Crippen LogP contribution is -2.04. The molecule has 20 heavy (non-hydrogen) atoms. The molecule has 0 saturated heterocycles. The molecule has 0 radical (unpaired) electrons. The predicted octanol–water partition coefficient (Wildman–Crippen LogP) is 3.50. The SMILES string of the molecule is CCNc1cc(Oc2ccc(Cl)c(CC)c2)nc(N)n1. The van der Waals surface area contributed by atoms with E-state index in [1.165, 1.54) is 0 Å². The number of nitrogens with one attached hydrogen (secondary N) is 1. The average molecular weight is 293 g/mol. The Balaban J connectivity index is 2.25. The molecular formula is C14H17ClN4O. The quantitative estimate of drug-likeness (QED) is 0.882. The van der Waals surface area contributed by atoms with Gasteiger partial charge in [0.2, 0.25) is 11.8 Å². The first-order valence-corrected chi connectivity index (χ1v) is 6.85. The van der Waals surface area contributed by atoms with Gasteiger partial charge in [0.05, 0.1) is 0 Å². The van der Waals surface area contributed by atoms with Gasteiger partial charge in [0, 0.05) is 17.6 Å². The summed E-state index contributed by atoms with van der Waals surface area (Å²) in [7, 11) is 0.